The number of nitrogen functional groups attached to an aromatic ring is 1. The number of hydrogen-bond donors (Lipinski definition) is 2. The van der Waals surface area contributed by atoms with E-state index >= 15 is 0 Å². The Bertz CT molecular complexity index is 233. The highest BCUT2D eigenvalue weighted by atomic mass is 32.2. The van der Waals surface area contributed by atoms with Gasteiger partial charge >= 0.3 is 0 Å². The molecule has 4 nitrogen and oxygen atoms in total. The van der Waals surface area contributed by atoms with E-state index in [0.717, 1.165) is 11.3 Å². The molecule has 1 atom stereocenters. The lowest BCUT2D eigenvalue weighted by Crippen LogP contribution is -1.89. The van der Waals surface area contributed by atoms with Crippen LogP contribution in [0.5, 0.6) is 0 Å². The van der Waals surface area contributed by atoms with Crippen molar-refractivity contribution in [2.75, 3.05) is 5.73 Å². The predicted molar refractivity (Wildman–Crippen MR) is 35.6 cm³/mol. The molecule has 0 saturated carbocycles. The fraction of sp³-hybridized carbons (Fsp3) is 0. The van der Waals surface area contributed by atoms with Gasteiger partial charge in [-0.15, -0.1) is 11.3 Å². The van der Waals surface area contributed by atoms with Gasteiger partial charge in [0.2, 0.25) is 11.1 Å². The van der Waals surface area contributed by atoms with E-state index in [9.17, 15) is 4.21 Å². The summed E-state index contributed by atoms with van der Waals surface area (Å²) in [5.74, 6) is 0. The molecule has 0 bridgehead atoms. The molecule has 0 saturated heterocycles. The summed E-state index contributed by atoms with van der Waals surface area (Å²) in [7, 11) is 0. The normalized spacial score (nSPS) is 13.4. The fourth-order valence-corrected chi connectivity index (χ4v) is 1.49. The van der Waals surface area contributed by atoms with E-state index in [1.54, 1.807) is 0 Å². The van der Waals surface area contributed by atoms with Crippen LogP contribution in [0.1, 0.15) is 0 Å². The number of hydrogen-bond acceptors (Lipinski definition) is 4. The molecule has 0 aliphatic rings. The third-order valence-corrected chi connectivity index (χ3v) is 2.07. The Morgan fingerprint density at radius 2 is 2.56 bits per heavy atom. The first-order valence-corrected chi connectivity index (χ1v) is 4.00. The van der Waals surface area contributed by atoms with Crippen molar-refractivity contribution in [3.63, 3.8) is 0 Å². The standard InChI is InChI=1S/C3H4N2O2S2/c4-3-5-2(1-8-3)9(6)7/h1H,(H2,4,5)(H,6,7). The van der Waals surface area contributed by atoms with Crippen LogP contribution in [-0.2, 0) is 11.1 Å². The maximum absolute atomic E-state index is 10.2. The van der Waals surface area contributed by atoms with Crippen molar-refractivity contribution in [1.82, 2.24) is 4.98 Å². The molecular formula is C3H4N2O2S2. The smallest absolute Gasteiger partial charge is 0.206 e. The summed E-state index contributed by atoms with van der Waals surface area (Å²) in [6.07, 6.45) is 0. The maximum atomic E-state index is 10.2. The van der Waals surface area contributed by atoms with Crippen molar-refractivity contribution in [3.05, 3.63) is 5.38 Å². The van der Waals surface area contributed by atoms with Gasteiger partial charge in [-0.2, -0.15) is 0 Å². The van der Waals surface area contributed by atoms with Crippen molar-refractivity contribution in [1.29, 1.82) is 0 Å². The van der Waals surface area contributed by atoms with Crippen LogP contribution in [0.3, 0.4) is 0 Å². The Morgan fingerprint density at radius 1 is 1.89 bits per heavy atom. The number of nitrogens with two attached hydrogens (primary N) is 1. The molecule has 0 aliphatic carbocycles. The molecule has 0 radical (unpaired) electrons. The van der Waals surface area contributed by atoms with Gasteiger partial charge in [0.1, 0.15) is 0 Å². The second-order valence-corrected chi connectivity index (χ2v) is 3.08. The average Bonchev–Trinajstić information content (AvgIpc) is 2.14. The molecular weight excluding hydrogens is 160 g/mol. The lowest BCUT2D eigenvalue weighted by atomic mass is 11.0. The monoisotopic (exact) mass is 164 g/mol. The lowest BCUT2D eigenvalue weighted by Gasteiger charge is -1.80. The topological polar surface area (TPSA) is 76.2 Å². The second kappa shape index (κ2) is 2.42. The van der Waals surface area contributed by atoms with Crippen molar-refractivity contribution in [2.24, 2.45) is 0 Å². The molecule has 1 unspecified atom stereocenters. The average molecular weight is 164 g/mol. The first-order valence-electron chi connectivity index (χ1n) is 2.02. The van der Waals surface area contributed by atoms with Gasteiger partial charge in [0.25, 0.3) is 0 Å². The summed E-state index contributed by atoms with van der Waals surface area (Å²) in [6, 6.07) is 0. The SMILES string of the molecule is Nc1nc(S(=O)O)cs1. The summed E-state index contributed by atoms with van der Waals surface area (Å²) < 4.78 is 18.6. The maximum Gasteiger partial charge on any atom is 0.206 e. The van der Waals surface area contributed by atoms with Crippen LogP contribution in [0, 0.1) is 0 Å². The zero-order chi connectivity index (χ0) is 6.85. The van der Waals surface area contributed by atoms with Crippen LogP contribution >= 0.6 is 11.3 Å². The zero-order valence-corrected chi connectivity index (χ0v) is 5.91. The summed E-state index contributed by atoms with van der Waals surface area (Å²) in [5, 5.41) is 1.88. The molecule has 9 heavy (non-hydrogen) atoms. The van der Waals surface area contributed by atoms with E-state index < -0.39 is 11.1 Å². The molecule has 1 aromatic rings. The van der Waals surface area contributed by atoms with E-state index in [1.807, 2.05) is 0 Å². The number of thiazole rings is 1. The highest BCUT2D eigenvalue weighted by Gasteiger charge is 2.02. The molecule has 6 heteroatoms. The quantitative estimate of drug-likeness (QED) is 0.585. The van der Waals surface area contributed by atoms with Gasteiger partial charge in [-0.25, -0.2) is 9.19 Å². The molecule has 0 aromatic carbocycles. The molecule has 3 N–H and O–H groups in total. The van der Waals surface area contributed by atoms with E-state index in [1.165, 1.54) is 5.38 Å². The summed E-state index contributed by atoms with van der Waals surface area (Å²) >= 11 is -0.842. The molecule has 0 fully saturated rings. The minimum Gasteiger partial charge on any atom is -0.375 e. The van der Waals surface area contributed by atoms with Gasteiger partial charge in [-0.3, -0.25) is 0 Å². The molecule has 50 valence electrons. The largest absolute Gasteiger partial charge is 0.375 e. The van der Waals surface area contributed by atoms with E-state index in [0.29, 0.717) is 5.13 Å². The van der Waals surface area contributed by atoms with Crippen molar-refractivity contribution >= 4 is 27.5 Å². The van der Waals surface area contributed by atoms with Gasteiger partial charge < -0.3 is 10.3 Å². The molecule has 1 aromatic heterocycles. The number of rotatable bonds is 1. The van der Waals surface area contributed by atoms with Gasteiger partial charge in [0, 0.05) is 5.38 Å². The Hall–Kier alpha value is -0.460. The Kier molecular flexibility index (Phi) is 1.79. The molecule has 1 heterocycles. The van der Waals surface area contributed by atoms with E-state index in [4.69, 9.17) is 10.3 Å². The molecule has 0 spiro atoms. The molecule has 0 amide bonds. The highest BCUT2D eigenvalue weighted by Crippen LogP contribution is 2.12. The van der Waals surface area contributed by atoms with Crippen molar-refractivity contribution < 1.29 is 8.76 Å². The van der Waals surface area contributed by atoms with Gasteiger partial charge in [0.05, 0.1) is 0 Å². The van der Waals surface area contributed by atoms with Crippen LogP contribution < -0.4 is 5.73 Å². The van der Waals surface area contributed by atoms with Crippen molar-refractivity contribution in [2.45, 2.75) is 5.03 Å². The van der Waals surface area contributed by atoms with Crippen molar-refractivity contribution in [3.8, 4) is 0 Å². The van der Waals surface area contributed by atoms with Gasteiger partial charge in [0.15, 0.2) is 10.2 Å². The zero-order valence-electron chi connectivity index (χ0n) is 4.27. The van der Waals surface area contributed by atoms with Crippen LogP contribution in [0.25, 0.3) is 0 Å². The lowest BCUT2D eigenvalue weighted by molar-refractivity contribution is 0.561. The summed E-state index contributed by atoms with van der Waals surface area (Å²) in [6.45, 7) is 0. The highest BCUT2D eigenvalue weighted by molar-refractivity contribution is 7.79. The summed E-state index contributed by atoms with van der Waals surface area (Å²) in [5.41, 5.74) is 5.18. The number of nitrogens with zero attached hydrogens (tertiary/aromatic N) is 1. The third-order valence-electron chi connectivity index (χ3n) is 0.680. The summed E-state index contributed by atoms with van der Waals surface area (Å²) in [4.78, 5) is 3.56. The Morgan fingerprint density at radius 3 is 2.78 bits per heavy atom. The van der Waals surface area contributed by atoms with Crippen LogP contribution in [0.4, 0.5) is 5.13 Å². The minimum atomic E-state index is -1.99. The molecule has 0 aliphatic heterocycles. The number of anilines is 1. The van der Waals surface area contributed by atoms with E-state index in [2.05, 4.69) is 4.98 Å². The van der Waals surface area contributed by atoms with Crippen LogP contribution in [-0.4, -0.2) is 13.7 Å². The fourth-order valence-electron chi connectivity index (χ4n) is 0.352. The van der Waals surface area contributed by atoms with Crippen LogP contribution in [0.2, 0.25) is 0 Å². The molecule has 1 rings (SSSR count). The van der Waals surface area contributed by atoms with Gasteiger partial charge in [-0.05, 0) is 0 Å². The van der Waals surface area contributed by atoms with Gasteiger partial charge in [-0.1, -0.05) is 0 Å². The first-order chi connectivity index (χ1) is 4.20. The predicted octanol–water partition coefficient (Wildman–Crippen LogP) is 0.306. The Labute approximate surface area is 58.0 Å². The first kappa shape index (κ1) is 6.66. The third kappa shape index (κ3) is 1.47. The number of aromatic nitrogens is 1. The van der Waals surface area contributed by atoms with Crippen LogP contribution in [0.15, 0.2) is 10.4 Å². The van der Waals surface area contributed by atoms with E-state index in [-0.39, 0.29) is 5.03 Å². The Balaban J connectivity index is 2.98. The minimum absolute atomic E-state index is 0.123. The second-order valence-electron chi connectivity index (χ2n) is 1.27.